The monoisotopic (exact) mass is 674 g/mol. The first-order valence-electron chi connectivity index (χ1n) is 15.2. The summed E-state index contributed by atoms with van der Waals surface area (Å²) in [6, 6.07) is 18.6. The van der Waals surface area contributed by atoms with Gasteiger partial charge in [0.1, 0.15) is 18.2 Å². The van der Waals surface area contributed by atoms with Crippen molar-refractivity contribution < 1.29 is 33.4 Å². The molecule has 240 valence electrons. The lowest BCUT2D eigenvalue weighted by atomic mass is 9.56. The van der Waals surface area contributed by atoms with Gasteiger partial charge in [-0.1, -0.05) is 54.6 Å². The molecule has 11 heteroatoms. The second-order valence-electron chi connectivity index (χ2n) is 12.2. The third-order valence-electron chi connectivity index (χ3n) is 9.86. The zero-order valence-corrected chi connectivity index (χ0v) is 26.5. The first-order chi connectivity index (χ1) is 22.6. The van der Waals surface area contributed by atoms with E-state index in [1.54, 1.807) is 54.6 Å². The van der Waals surface area contributed by atoms with Crippen molar-refractivity contribution in [2.24, 2.45) is 17.8 Å². The van der Waals surface area contributed by atoms with Gasteiger partial charge in [0.2, 0.25) is 11.8 Å². The Balaban J connectivity index is 1.39. The second-order valence-corrected chi connectivity index (χ2v) is 13.4. The molecule has 0 aromatic heterocycles. The van der Waals surface area contributed by atoms with Crippen molar-refractivity contribution in [2.45, 2.75) is 28.5 Å². The Hall–Kier alpha value is -4.31. The summed E-state index contributed by atoms with van der Waals surface area (Å²) in [7, 11) is 0. The summed E-state index contributed by atoms with van der Waals surface area (Å²) >= 11 is 14.9. The van der Waals surface area contributed by atoms with E-state index in [-0.39, 0.29) is 37.6 Å². The van der Waals surface area contributed by atoms with Gasteiger partial charge in [-0.3, -0.25) is 24.1 Å². The number of alkyl halides is 2. The molecule has 3 aromatic rings. The minimum atomic E-state index is -2.10. The minimum absolute atomic E-state index is 0.0562. The standard InChI is InChI=1S/C36H29Cl2FN2O6/c1-2-20-7-11-22(12-8-20)40-31(43)26-16-15-24-27(29(26)32(40)44)19-35(37)33(45)41(23-13-9-21(39)10-14-23)34(46)36(35,38)30(24)25-5-3-4-6-28(25)47-18-17-42/h2-15,26-27,29-30,42H,1,16-19H2/t26-,27+,29-,30+,35+,36-/m0/s1. The van der Waals surface area contributed by atoms with Gasteiger partial charge in [-0.25, -0.2) is 9.29 Å². The number of halogens is 3. The Morgan fingerprint density at radius 2 is 1.55 bits per heavy atom. The molecule has 4 aliphatic rings. The zero-order chi connectivity index (χ0) is 33.2. The number of para-hydroxylation sites is 1. The average molecular weight is 676 g/mol. The van der Waals surface area contributed by atoms with Crippen LogP contribution in [0.5, 0.6) is 5.75 Å². The van der Waals surface area contributed by atoms with Crippen LogP contribution in [0.25, 0.3) is 6.08 Å². The topological polar surface area (TPSA) is 104 Å². The normalized spacial score (nSPS) is 29.7. The fourth-order valence-corrected chi connectivity index (χ4v) is 8.69. The summed E-state index contributed by atoms with van der Waals surface area (Å²) in [5.74, 6) is -6.06. The number of amides is 4. The van der Waals surface area contributed by atoms with Crippen LogP contribution in [0, 0.1) is 23.6 Å². The molecule has 3 aromatic carbocycles. The van der Waals surface area contributed by atoms with E-state index in [2.05, 4.69) is 6.58 Å². The van der Waals surface area contributed by atoms with Gasteiger partial charge in [0.25, 0.3) is 11.8 Å². The number of benzene rings is 3. The van der Waals surface area contributed by atoms with Crippen LogP contribution in [0.2, 0.25) is 0 Å². The molecule has 0 bridgehead atoms. The number of hydrogen-bond donors (Lipinski definition) is 1. The number of aliphatic hydroxyl groups is 1. The van der Waals surface area contributed by atoms with Crippen molar-refractivity contribution in [1.82, 2.24) is 0 Å². The van der Waals surface area contributed by atoms with E-state index in [1.807, 2.05) is 6.08 Å². The molecule has 47 heavy (non-hydrogen) atoms. The molecule has 1 N–H and O–H groups in total. The molecule has 4 amide bonds. The van der Waals surface area contributed by atoms with Crippen LogP contribution in [-0.2, 0) is 19.2 Å². The van der Waals surface area contributed by atoms with E-state index in [0.717, 1.165) is 22.6 Å². The minimum Gasteiger partial charge on any atom is -0.491 e. The lowest BCUT2D eigenvalue weighted by molar-refractivity contribution is -0.125. The number of carbonyl (C=O) groups is 4. The molecule has 3 fully saturated rings. The highest BCUT2D eigenvalue weighted by atomic mass is 35.5. The Bertz CT molecular complexity index is 1860. The summed E-state index contributed by atoms with van der Waals surface area (Å²) in [5.41, 5.74) is 2.37. The van der Waals surface area contributed by atoms with Gasteiger partial charge in [-0.2, -0.15) is 0 Å². The predicted molar refractivity (Wildman–Crippen MR) is 175 cm³/mol. The Kier molecular flexibility index (Phi) is 7.62. The smallest absolute Gasteiger partial charge is 0.258 e. The van der Waals surface area contributed by atoms with Gasteiger partial charge in [0.15, 0.2) is 9.75 Å². The SMILES string of the molecule is C=Cc1ccc(N2C(=O)[C@H]3[C@H](CC=C4[C@H]3C[C@@]3(Cl)C(=O)N(c5ccc(F)cc5)C(=O)[C@@]3(Cl)[C@H]4c3ccccc3OCCO)C2=O)cc1. The van der Waals surface area contributed by atoms with Crippen molar-refractivity contribution in [3.8, 4) is 5.75 Å². The highest BCUT2D eigenvalue weighted by Gasteiger charge is 2.77. The molecule has 2 aliphatic heterocycles. The number of carbonyl (C=O) groups excluding carboxylic acids is 4. The quantitative estimate of drug-likeness (QED) is 0.199. The van der Waals surface area contributed by atoms with E-state index in [1.165, 1.54) is 17.0 Å². The third-order valence-corrected chi connectivity index (χ3v) is 11.3. The van der Waals surface area contributed by atoms with Crippen molar-refractivity contribution >= 4 is 64.3 Å². The van der Waals surface area contributed by atoms with Crippen LogP contribution in [0.15, 0.2) is 91.0 Å². The second kappa shape index (κ2) is 11.4. The molecular formula is C36H29Cl2FN2O6. The molecule has 0 unspecified atom stereocenters. The van der Waals surface area contributed by atoms with Crippen molar-refractivity contribution in [3.05, 3.63) is 108 Å². The van der Waals surface area contributed by atoms with Crippen molar-refractivity contribution in [3.63, 3.8) is 0 Å². The number of aliphatic hydroxyl groups excluding tert-OH is 1. The van der Waals surface area contributed by atoms with E-state index < -0.39 is 57.0 Å². The fraction of sp³-hybridized carbons (Fsp3) is 0.278. The highest BCUT2D eigenvalue weighted by molar-refractivity contribution is 6.58. The predicted octanol–water partition coefficient (Wildman–Crippen LogP) is 5.61. The van der Waals surface area contributed by atoms with Gasteiger partial charge in [0.05, 0.1) is 29.8 Å². The van der Waals surface area contributed by atoms with Gasteiger partial charge < -0.3 is 9.84 Å². The van der Waals surface area contributed by atoms with E-state index in [4.69, 9.17) is 27.9 Å². The number of fused-ring (bicyclic) bond motifs is 4. The lowest BCUT2D eigenvalue weighted by Gasteiger charge is -2.50. The number of anilines is 2. The lowest BCUT2D eigenvalue weighted by Crippen LogP contribution is -2.60. The number of nitrogens with zero attached hydrogens (tertiary/aromatic N) is 2. The number of rotatable bonds is 7. The summed E-state index contributed by atoms with van der Waals surface area (Å²) < 4.78 is 19.8. The van der Waals surface area contributed by atoms with Crippen LogP contribution in [-0.4, -0.2) is 51.7 Å². The largest absolute Gasteiger partial charge is 0.491 e. The molecule has 6 atom stereocenters. The fourth-order valence-electron chi connectivity index (χ4n) is 7.76. The molecule has 2 aliphatic carbocycles. The first-order valence-corrected chi connectivity index (χ1v) is 16.0. The summed E-state index contributed by atoms with van der Waals surface area (Å²) in [5, 5.41) is 9.53. The van der Waals surface area contributed by atoms with E-state index in [9.17, 15) is 28.7 Å². The van der Waals surface area contributed by atoms with Crippen LogP contribution >= 0.6 is 23.2 Å². The van der Waals surface area contributed by atoms with E-state index >= 15 is 0 Å². The summed E-state index contributed by atoms with van der Waals surface area (Å²) in [6.07, 6.45) is 3.50. The number of ether oxygens (including phenoxy) is 1. The van der Waals surface area contributed by atoms with E-state index in [0.29, 0.717) is 22.6 Å². The molecular weight excluding hydrogens is 646 g/mol. The Morgan fingerprint density at radius 3 is 2.23 bits per heavy atom. The maximum absolute atomic E-state index is 14.5. The van der Waals surface area contributed by atoms with Crippen LogP contribution < -0.4 is 14.5 Å². The molecule has 0 radical (unpaired) electrons. The van der Waals surface area contributed by atoms with Gasteiger partial charge in [0, 0.05) is 11.5 Å². The average Bonchev–Trinajstić information content (AvgIpc) is 3.42. The maximum atomic E-state index is 14.5. The molecule has 7 rings (SSSR count). The van der Waals surface area contributed by atoms with Crippen molar-refractivity contribution in [2.75, 3.05) is 23.0 Å². The zero-order valence-electron chi connectivity index (χ0n) is 24.9. The first kappa shape index (κ1) is 31.3. The van der Waals surface area contributed by atoms with Crippen molar-refractivity contribution in [1.29, 1.82) is 0 Å². The van der Waals surface area contributed by atoms with Crippen LogP contribution in [0.3, 0.4) is 0 Å². The Labute approximate surface area is 280 Å². The van der Waals surface area contributed by atoms with Gasteiger partial charge in [-0.05, 0) is 66.8 Å². The number of hydrogen-bond acceptors (Lipinski definition) is 6. The Morgan fingerprint density at radius 1 is 0.894 bits per heavy atom. The van der Waals surface area contributed by atoms with Gasteiger partial charge in [-0.15, -0.1) is 23.2 Å². The molecule has 2 saturated heterocycles. The third kappa shape index (κ3) is 4.43. The molecule has 0 spiro atoms. The highest BCUT2D eigenvalue weighted by Crippen LogP contribution is 2.66. The number of imide groups is 2. The maximum Gasteiger partial charge on any atom is 0.258 e. The van der Waals surface area contributed by atoms with Gasteiger partial charge >= 0.3 is 0 Å². The summed E-state index contributed by atoms with van der Waals surface area (Å²) in [4.78, 5) is 55.0. The van der Waals surface area contributed by atoms with Crippen LogP contribution in [0.1, 0.15) is 29.9 Å². The molecule has 2 heterocycles. The summed E-state index contributed by atoms with van der Waals surface area (Å²) in [6.45, 7) is 3.42. The molecule has 8 nitrogen and oxygen atoms in total. The molecule has 1 saturated carbocycles. The number of allylic oxidation sites excluding steroid dienone is 2. The van der Waals surface area contributed by atoms with Crippen LogP contribution in [0.4, 0.5) is 15.8 Å².